The second kappa shape index (κ2) is 7.48. The molecule has 0 atom stereocenters. The quantitative estimate of drug-likeness (QED) is 0.624. The van der Waals surface area contributed by atoms with E-state index >= 15 is 0 Å². The van der Waals surface area contributed by atoms with E-state index in [9.17, 15) is 0 Å². The number of hydrogen-bond donors (Lipinski definition) is 2. The first-order valence-electron chi connectivity index (χ1n) is 6.88. The van der Waals surface area contributed by atoms with Gasteiger partial charge < -0.3 is 11.1 Å². The molecular formula is C17H20N2S2. The van der Waals surface area contributed by atoms with E-state index in [0.29, 0.717) is 4.99 Å². The summed E-state index contributed by atoms with van der Waals surface area (Å²) in [5.74, 6) is 0. The summed E-state index contributed by atoms with van der Waals surface area (Å²) >= 11 is 6.86. The zero-order chi connectivity index (χ0) is 15.2. The minimum Gasteiger partial charge on any atom is -0.389 e. The Kier molecular flexibility index (Phi) is 5.65. The van der Waals surface area contributed by atoms with Gasteiger partial charge in [-0.2, -0.15) is 0 Å². The second-order valence-electron chi connectivity index (χ2n) is 4.85. The predicted molar refractivity (Wildman–Crippen MR) is 97.5 cm³/mol. The fourth-order valence-corrected chi connectivity index (χ4v) is 3.25. The molecule has 2 rings (SSSR count). The van der Waals surface area contributed by atoms with Crippen LogP contribution >= 0.6 is 24.0 Å². The van der Waals surface area contributed by atoms with Crippen LogP contribution in [0.15, 0.2) is 47.4 Å². The van der Waals surface area contributed by atoms with Crippen molar-refractivity contribution >= 4 is 34.7 Å². The first-order valence-corrected chi connectivity index (χ1v) is 8.52. The van der Waals surface area contributed by atoms with Gasteiger partial charge in [-0.3, -0.25) is 0 Å². The minimum atomic E-state index is 0.443. The maximum Gasteiger partial charge on any atom is 0.107 e. The highest BCUT2D eigenvalue weighted by Gasteiger charge is 2.10. The number of nitrogens with two attached hydrogens (primary N) is 1. The lowest BCUT2D eigenvalue weighted by Gasteiger charge is -2.14. The van der Waals surface area contributed by atoms with Gasteiger partial charge in [-0.1, -0.05) is 42.5 Å². The zero-order valence-electron chi connectivity index (χ0n) is 12.3. The molecule has 0 aromatic heterocycles. The predicted octanol–water partition coefficient (Wildman–Crippen LogP) is 4.01. The lowest BCUT2D eigenvalue weighted by atomic mass is 10.1. The van der Waals surface area contributed by atoms with Crippen LogP contribution in [0.25, 0.3) is 0 Å². The molecule has 0 radical (unpaired) electrons. The monoisotopic (exact) mass is 316 g/mol. The van der Waals surface area contributed by atoms with Gasteiger partial charge in [-0.15, -0.1) is 11.8 Å². The smallest absolute Gasteiger partial charge is 0.107 e. The van der Waals surface area contributed by atoms with Gasteiger partial charge in [0.25, 0.3) is 0 Å². The summed E-state index contributed by atoms with van der Waals surface area (Å²) in [5, 5.41) is 3.46. The van der Waals surface area contributed by atoms with Crippen LogP contribution in [0.3, 0.4) is 0 Å². The Hall–Kier alpha value is -1.52. The van der Waals surface area contributed by atoms with E-state index in [4.69, 9.17) is 18.0 Å². The summed E-state index contributed by atoms with van der Waals surface area (Å²) in [6.07, 6.45) is 3.02. The molecule has 21 heavy (non-hydrogen) atoms. The number of benzene rings is 2. The highest BCUT2D eigenvalue weighted by atomic mass is 32.2. The fraction of sp³-hybridized carbons (Fsp3) is 0.235. The van der Waals surface area contributed by atoms with Crippen LogP contribution in [0.4, 0.5) is 5.69 Å². The van der Waals surface area contributed by atoms with Crippen LogP contribution in [0.2, 0.25) is 0 Å². The van der Waals surface area contributed by atoms with Crippen molar-refractivity contribution in [2.24, 2.45) is 5.73 Å². The molecule has 110 valence electrons. The molecule has 0 aliphatic heterocycles. The van der Waals surface area contributed by atoms with Crippen molar-refractivity contribution in [1.29, 1.82) is 0 Å². The molecule has 3 N–H and O–H groups in total. The molecule has 0 bridgehead atoms. The normalized spacial score (nSPS) is 10.4. The van der Waals surface area contributed by atoms with E-state index in [1.54, 1.807) is 11.8 Å². The molecule has 0 aliphatic rings. The van der Waals surface area contributed by atoms with Crippen molar-refractivity contribution in [3.8, 4) is 0 Å². The van der Waals surface area contributed by atoms with Gasteiger partial charge in [0.2, 0.25) is 0 Å². The van der Waals surface area contributed by atoms with E-state index in [-0.39, 0.29) is 0 Å². The summed E-state index contributed by atoms with van der Waals surface area (Å²) in [7, 11) is 0. The molecule has 2 nitrogen and oxygen atoms in total. The molecule has 0 amide bonds. The van der Waals surface area contributed by atoms with Crippen molar-refractivity contribution in [3.63, 3.8) is 0 Å². The Bertz CT molecular complexity index is 638. The van der Waals surface area contributed by atoms with Crippen molar-refractivity contribution in [2.45, 2.75) is 18.2 Å². The maximum absolute atomic E-state index is 5.88. The number of thioether (sulfide) groups is 1. The molecule has 0 spiro atoms. The molecule has 2 aromatic rings. The summed E-state index contributed by atoms with van der Waals surface area (Å²) in [5.41, 5.74) is 10.5. The first-order chi connectivity index (χ1) is 10.1. The van der Waals surface area contributed by atoms with Crippen molar-refractivity contribution in [2.75, 3.05) is 18.1 Å². The number of anilines is 1. The van der Waals surface area contributed by atoms with E-state index in [0.717, 1.165) is 29.1 Å². The number of aryl methyl sites for hydroxylation is 1. The topological polar surface area (TPSA) is 38.0 Å². The molecule has 0 saturated heterocycles. The molecule has 4 heteroatoms. The Morgan fingerprint density at radius 3 is 2.62 bits per heavy atom. The van der Waals surface area contributed by atoms with Gasteiger partial charge in [0.15, 0.2) is 0 Å². The lowest BCUT2D eigenvalue weighted by molar-refractivity contribution is 1.00. The Morgan fingerprint density at radius 1 is 1.19 bits per heavy atom. The van der Waals surface area contributed by atoms with Gasteiger partial charge in [0, 0.05) is 22.7 Å². The van der Waals surface area contributed by atoms with E-state index < -0.39 is 0 Å². The third-order valence-corrected chi connectivity index (χ3v) is 4.45. The van der Waals surface area contributed by atoms with Crippen molar-refractivity contribution in [1.82, 2.24) is 0 Å². The number of hydrogen-bond acceptors (Lipinski definition) is 3. The minimum absolute atomic E-state index is 0.443. The summed E-state index contributed by atoms with van der Waals surface area (Å²) < 4.78 is 0. The Labute approximate surface area is 136 Å². The lowest BCUT2D eigenvalue weighted by Crippen LogP contribution is -2.15. The van der Waals surface area contributed by atoms with Gasteiger partial charge in [0.05, 0.1) is 0 Å². The molecular weight excluding hydrogens is 296 g/mol. The molecule has 0 unspecified atom stereocenters. The van der Waals surface area contributed by atoms with E-state index in [1.807, 2.05) is 24.5 Å². The van der Waals surface area contributed by atoms with Crippen molar-refractivity contribution in [3.05, 3.63) is 59.2 Å². The highest BCUT2D eigenvalue weighted by Crippen LogP contribution is 2.27. The SMILES string of the molecule is CSc1cccc(NCCc2ccccc2C)c1C(N)=S. The third kappa shape index (κ3) is 3.99. The van der Waals surface area contributed by atoms with Crippen molar-refractivity contribution < 1.29 is 0 Å². The fourth-order valence-electron chi connectivity index (χ4n) is 2.33. The standard InChI is InChI=1S/C17H20N2S2/c1-12-6-3-4-7-13(12)10-11-19-14-8-5-9-15(21-2)16(14)17(18)20/h3-9,19H,10-11H2,1-2H3,(H2,18,20). The molecule has 0 fully saturated rings. The molecule has 0 aliphatic carbocycles. The van der Waals surface area contributed by atoms with E-state index in [2.05, 4.69) is 36.5 Å². The van der Waals surface area contributed by atoms with Crippen LogP contribution in [0, 0.1) is 6.92 Å². The van der Waals surface area contributed by atoms with Gasteiger partial charge >= 0.3 is 0 Å². The average molecular weight is 316 g/mol. The van der Waals surface area contributed by atoms with Crippen LogP contribution < -0.4 is 11.1 Å². The third-order valence-electron chi connectivity index (χ3n) is 3.46. The molecule has 2 aromatic carbocycles. The molecule has 0 saturated carbocycles. The van der Waals surface area contributed by atoms with E-state index in [1.165, 1.54) is 11.1 Å². The first kappa shape index (κ1) is 15.9. The van der Waals surface area contributed by atoms with Gasteiger partial charge in [-0.25, -0.2) is 0 Å². The number of thiocarbonyl (C=S) groups is 1. The zero-order valence-corrected chi connectivity index (χ0v) is 14.0. The van der Waals surface area contributed by atoms with Gasteiger partial charge in [0.1, 0.15) is 4.99 Å². The Morgan fingerprint density at radius 2 is 1.95 bits per heavy atom. The largest absolute Gasteiger partial charge is 0.389 e. The summed E-state index contributed by atoms with van der Waals surface area (Å²) in [6, 6.07) is 14.6. The van der Waals surface area contributed by atoms with Gasteiger partial charge in [-0.05, 0) is 42.9 Å². The summed E-state index contributed by atoms with van der Waals surface area (Å²) in [6.45, 7) is 3.00. The molecule has 0 heterocycles. The van der Waals surface area contributed by atoms with Crippen LogP contribution in [0.1, 0.15) is 16.7 Å². The van der Waals surface area contributed by atoms with Crippen LogP contribution in [-0.4, -0.2) is 17.8 Å². The average Bonchev–Trinajstić information content (AvgIpc) is 2.48. The maximum atomic E-state index is 5.88. The second-order valence-corrected chi connectivity index (χ2v) is 6.14. The number of nitrogens with one attached hydrogen (secondary N) is 1. The number of rotatable bonds is 6. The highest BCUT2D eigenvalue weighted by molar-refractivity contribution is 7.98. The van der Waals surface area contributed by atoms with Crippen LogP contribution in [0.5, 0.6) is 0 Å². The summed E-state index contributed by atoms with van der Waals surface area (Å²) in [4.78, 5) is 1.56. The van der Waals surface area contributed by atoms with Crippen LogP contribution in [-0.2, 0) is 6.42 Å². The Balaban J connectivity index is 2.10.